The second-order valence-corrected chi connectivity index (χ2v) is 4.61. The summed E-state index contributed by atoms with van der Waals surface area (Å²) in [5, 5.41) is 3.21. The molecule has 0 spiro atoms. The Morgan fingerprint density at radius 2 is 2.00 bits per heavy atom. The van der Waals surface area contributed by atoms with Crippen molar-refractivity contribution in [1.29, 1.82) is 0 Å². The largest absolute Gasteiger partial charge is 0.486 e. The lowest BCUT2D eigenvalue weighted by molar-refractivity contribution is 0.165. The maximum Gasteiger partial charge on any atom is 0.169 e. The highest BCUT2D eigenvalue weighted by molar-refractivity contribution is 5.50. The molecule has 0 aromatic heterocycles. The predicted molar refractivity (Wildman–Crippen MR) is 61.9 cm³/mol. The fraction of sp³-hybridized carbons (Fsp3) is 0.538. The molecule has 1 aromatic carbocycles. The first-order chi connectivity index (χ1) is 8.77. The van der Waals surface area contributed by atoms with Crippen molar-refractivity contribution in [3.63, 3.8) is 0 Å². The molecule has 1 N–H and O–H groups in total. The first-order valence-electron chi connectivity index (χ1n) is 6.28. The van der Waals surface area contributed by atoms with Gasteiger partial charge in [0.25, 0.3) is 0 Å². The first kappa shape index (κ1) is 11.7. The van der Waals surface area contributed by atoms with Crippen molar-refractivity contribution in [3.8, 4) is 11.5 Å². The average molecular weight is 255 g/mol. The maximum absolute atomic E-state index is 14.0. The minimum Gasteiger partial charge on any atom is -0.486 e. The summed E-state index contributed by atoms with van der Waals surface area (Å²) >= 11 is 0. The third-order valence-electron chi connectivity index (χ3n) is 3.42. The van der Waals surface area contributed by atoms with Crippen molar-refractivity contribution in [2.24, 2.45) is 0 Å². The monoisotopic (exact) mass is 255 g/mol. The number of benzene rings is 1. The zero-order valence-electron chi connectivity index (χ0n) is 9.97. The van der Waals surface area contributed by atoms with Crippen molar-refractivity contribution >= 4 is 0 Å². The van der Waals surface area contributed by atoms with E-state index < -0.39 is 11.6 Å². The number of hydrogen-bond acceptors (Lipinski definition) is 3. The van der Waals surface area contributed by atoms with Crippen molar-refractivity contribution < 1.29 is 18.3 Å². The van der Waals surface area contributed by atoms with Crippen LogP contribution in [0.4, 0.5) is 8.78 Å². The maximum atomic E-state index is 14.0. The molecule has 98 valence electrons. The van der Waals surface area contributed by atoms with Gasteiger partial charge in [-0.15, -0.1) is 0 Å². The van der Waals surface area contributed by atoms with E-state index in [0.29, 0.717) is 24.7 Å². The molecule has 0 amide bonds. The lowest BCUT2D eigenvalue weighted by Crippen LogP contribution is -2.29. The van der Waals surface area contributed by atoms with Gasteiger partial charge in [-0.25, -0.2) is 8.78 Å². The summed E-state index contributed by atoms with van der Waals surface area (Å²) < 4.78 is 38.4. The molecule has 2 aliphatic heterocycles. The number of rotatable bonds is 1. The fourth-order valence-electron chi connectivity index (χ4n) is 2.57. The van der Waals surface area contributed by atoms with Crippen LogP contribution in [0, 0.1) is 11.6 Å². The van der Waals surface area contributed by atoms with Crippen molar-refractivity contribution in [1.82, 2.24) is 5.32 Å². The number of hydrogen-bond donors (Lipinski definition) is 1. The van der Waals surface area contributed by atoms with Crippen molar-refractivity contribution in [3.05, 3.63) is 23.3 Å². The second-order valence-electron chi connectivity index (χ2n) is 4.61. The van der Waals surface area contributed by atoms with Crippen LogP contribution in [-0.4, -0.2) is 19.8 Å². The third-order valence-corrected chi connectivity index (χ3v) is 3.42. The van der Waals surface area contributed by atoms with Gasteiger partial charge in [0.2, 0.25) is 0 Å². The Morgan fingerprint density at radius 1 is 1.17 bits per heavy atom. The molecule has 3 nitrogen and oxygen atoms in total. The van der Waals surface area contributed by atoms with E-state index >= 15 is 0 Å². The van der Waals surface area contributed by atoms with Crippen LogP contribution in [0.15, 0.2) is 6.07 Å². The van der Waals surface area contributed by atoms with E-state index in [-0.39, 0.29) is 11.6 Å². The van der Waals surface area contributed by atoms with Crippen LogP contribution in [-0.2, 0) is 0 Å². The number of halogens is 2. The van der Waals surface area contributed by atoms with Crippen LogP contribution < -0.4 is 14.8 Å². The van der Waals surface area contributed by atoms with Gasteiger partial charge in [-0.05, 0) is 19.4 Å². The van der Waals surface area contributed by atoms with Crippen molar-refractivity contribution in [2.45, 2.75) is 25.3 Å². The topological polar surface area (TPSA) is 30.5 Å². The molecule has 3 rings (SSSR count). The van der Waals surface area contributed by atoms with E-state index in [1.165, 1.54) is 0 Å². The number of fused-ring (bicyclic) bond motifs is 1. The van der Waals surface area contributed by atoms with Crippen LogP contribution in [0.3, 0.4) is 0 Å². The molecule has 0 bridgehead atoms. The normalized spacial score (nSPS) is 22.9. The molecule has 0 aliphatic carbocycles. The molecule has 5 heteroatoms. The van der Waals surface area contributed by atoms with Gasteiger partial charge in [0.05, 0.1) is 5.56 Å². The van der Waals surface area contributed by atoms with E-state index in [4.69, 9.17) is 9.47 Å². The SMILES string of the molecule is Fc1cc2c(c(C3CCCCN3)c1F)OCCO2. The minimum absolute atomic E-state index is 0.190. The molecule has 0 saturated carbocycles. The highest BCUT2D eigenvalue weighted by Gasteiger charge is 2.29. The molecule has 0 radical (unpaired) electrons. The van der Waals surface area contributed by atoms with Gasteiger partial charge in [0.1, 0.15) is 13.2 Å². The standard InChI is InChI=1S/C13H15F2NO2/c14-8-7-10-13(18-6-5-17-10)11(12(8)15)9-3-1-2-4-16-9/h7,9,16H,1-6H2. The highest BCUT2D eigenvalue weighted by atomic mass is 19.2. The zero-order valence-corrected chi connectivity index (χ0v) is 9.97. The van der Waals surface area contributed by atoms with Gasteiger partial charge in [-0.2, -0.15) is 0 Å². The summed E-state index contributed by atoms with van der Waals surface area (Å²) in [5.41, 5.74) is 0.282. The van der Waals surface area contributed by atoms with E-state index in [2.05, 4.69) is 5.32 Å². The summed E-state index contributed by atoms with van der Waals surface area (Å²) in [6.07, 6.45) is 2.85. The molecule has 18 heavy (non-hydrogen) atoms. The highest BCUT2D eigenvalue weighted by Crippen LogP contribution is 2.42. The van der Waals surface area contributed by atoms with Gasteiger partial charge in [-0.3, -0.25) is 0 Å². The lowest BCUT2D eigenvalue weighted by Gasteiger charge is -2.29. The Balaban J connectivity index is 2.07. The Bertz CT molecular complexity index is 459. The van der Waals surface area contributed by atoms with Crippen LogP contribution in [0.2, 0.25) is 0 Å². The molecule has 1 saturated heterocycles. The predicted octanol–water partition coefficient (Wildman–Crippen LogP) is 2.55. The van der Waals surface area contributed by atoms with Gasteiger partial charge >= 0.3 is 0 Å². The molecular formula is C13H15F2NO2. The molecule has 1 atom stereocenters. The number of nitrogens with one attached hydrogen (secondary N) is 1. The fourth-order valence-corrected chi connectivity index (χ4v) is 2.57. The van der Waals surface area contributed by atoms with Gasteiger partial charge in [-0.1, -0.05) is 6.42 Å². The van der Waals surface area contributed by atoms with E-state index in [0.717, 1.165) is 31.9 Å². The molecular weight excluding hydrogens is 240 g/mol. The Kier molecular flexibility index (Phi) is 3.07. The van der Waals surface area contributed by atoms with Crippen LogP contribution in [0.1, 0.15) is 30.9 Å². The lowest BCUT2D eigenvalue weighted by atomic mass is 9.95. The Morgan fingerprint density at radius 3 is 2.78 bits per heavy atom. The molecule has 2 heterocycles. The molecule has 1 fully saturated rings. The quantitative estimate of drug-likeness (QED) is 0.836. The zero-order chi connectivity index (χ0) is 12.5. The summed E-state index contributed by atoms with van der Waals surface area (Å²) in [6, 6.07) is 0.876. The van der Waals surface area contributed by atoms with Gasteiger partial charge in [0, 0.05) is 12.1 Å². The van der Waals surface area contributed by atoms with Crippen molar-refractivity contribution in [2.75, 3.05) is 19.8 Å². The molecule has 1 aromatic rings. The van der Waals surface area contributed by atoms with Crippen LogP contribution in [0.5, 0.6) is 11.5 Å². The summed E-state index contributed by atoms with van der Waals surface area (Å²) in [4.78, 5) is 0. The second kappa shape index (κ2) is 4.72. The van der Waals surface area contributed by atoms with Crippen LogP contribution >= 0.6 is 0 Å². The van der Waals surface area contributed by atoms with Gasteiger partial charge < -0.3 is 14.8 Å². The Labute approximate surface area is 104 Å². The van der Waals surface area contributed by atoms with E-state index in [1.54, 1.807) is 0 Å². The third kappa shape index (κ3) is 1.92. The average Bonchev–Trinajstić information content (AvgIpc) is 2.41. The summed E-state index contributed by atoms with van der Waals surface area (Å²) in [6.45, 7) is 1.56. The van der Waals surface area contributed by atoms with Gasteiger partial charge in [0.15, 0.2) is 23.1 Å². The van der Waals surface area contributed by atoms with E-state index in [9.17, 15) is 8.78 Å². The van der Waals surface area contributed by atoms with E-state index in [1.807, 2.05) is 0 Å². The first-order valence-corrected chi connectivity index (χ1v) is 6.28. The number of ether oxygens (including phenoxy) is 2. The Hall–Kier alpha value is -1.36. The summed E-state index contributed by atoms with van der Waals surface area (Å²) in [5.74, 6) is -1.03. The number of piperidine rings is 1. The summed E-state index contributed by atoms with van der Waals surface area (Å²) in [7, 11) is 0. The molecule has 1 unspecified atom stereocenters. The smallest absolute Gasteiger partial charge is 0.169 e. The molecule has 2 aliphatic rings. The van der Waals surface area contributed by atoms with Crippen LogP contribution in [0.25, 0.3) is 0 Å². The minimum atomic E-state index is -0.873.